The molecule has 8 nitrogen and oxygen atoms in total. The molecule has 0 aliphatic carbocycles. The second-order valence-corrected chi connectivity index (χ2v) is 8.24. The number of anilines is 2. The lowest BCUT2D eigenvalue weighted by molar-refractivity contribution is 0.0823. The predicted octanol–water partition coefficient (Wildman–Crippen LogP) is 4.27. The number of benzene rings is 1. The molecule has 1 amide bonds. The van der Waals surface area contributed by atoms with E-state index < -0.39 is 5.41 Å². The first-order valence-electron chi connectivity index (χ1n) is 10.1. The highest BCUT2D eigenvalue weighted by Crippen LogP contribution is 2.26. The van der Waals surface area contributed by atoms with Gasteiger partial charge in [0, 0.05) is 43.1 Å². The summed E-state index contributed by atoms with van der Waals surface area (Å²) in [5, 5.41) is 13.6. The van der Waals surface area contributed by atoms with E-state index in [4.69, 9.17) is 0 Å². The molecule has 0 saturated heterocycles. The normalized spacial score (nSPS) is 11.2. The van der Waals surface area contributed by atoms with Gasteiger partial charge in [-0.05, 0) is 55.8 Å². The molecule has 0 spiro atoms. The topological polar surface area (TPSA) is 111 Å². The van der Waals surface area contributed by atoms with Crippen LogP contribution in [0, 0.1) is 11.3 Å². The van der Waals surface area contributed by atoms with Gasteiger partial charge in [0.15, 0.2) is 0 Å². The number of hydrogen-bond donors (Lipinski definition) is 2. The molecule has 8 heteroatoms. The third kappa shape index (κ3) is 4.14. The Morgan fingerprint density at radius 2 is 1.84 bits per heavy atom. The van der Waals surface area contributed by atoms with Crippen molar-refractivity contribution < 1.29 is 4.79 Å². The molecule has 3 aromatic heterocycles. The van der Waals surface area contributed by atoms with Gasteiger partial charge in [0.1, 0.15) is 5.69 Å². The average Bonchev–Trinajstić information content (AvgIpc) is 3.22. The minimum absolute atomic E-state index is 0.0824. The summed E-state index contributed by atoms with van der Waals surface area (Å²) in [5.74, 6) is 0.339. The number of nitrogens with one attached hydrogen (secondary N) is 2. The quantitative estimate of drug-likeness (QED) is 0.494. The number of fused-ring (bicyclic) bond motifs is 1. The first kappa shape index (κ1) is 21.0. The number of H-pyrrole nitrogens is 1. The van der Waals surface area contributed by atoms with E-state index in [1.165, 1.54) is 4.90 Å². The van der Waals surface area contributed by atoms with Gasteiger partial charge in [-0.15, -0.1) is 0 Å². The molecule has 0 fully saturated rings. The molecule has 32 heavy (non-hydrogen) atoms. The van der Waals surface area contributed by atoms with E-state index in [2.05, 4.69) is 31.3 Å². The Hall–Kier alpha value is -4.25. The van der Waals surface area contributed by atoms with Gasteiger partial charge >= 0.3 is 0 Å². The van der Waals surface area contributed by atoms with Crippen LogP contribution in [0.25, 0.3) is 22.3 Å². The number of aromatic nitrogens is 4. The highest BCUT2D eigenvalue weighted by Gasteiger charge is 2.20. The van der Waals surface area contributed by atoms with Crippen molar-refractivity contribution in [1.82, 2.24) is 24.8 Å². The number of rotatable bonds is 5. The smallest absolute Gasteiger partial charge is 0.269 e. The number of aromatic amines is 1. The van der Waals surface area contributed by atoms with E-state index in [0.717, 1.165) is 22.2 Å². The van der Waals surface area contributed by atoms with Crippen LogP contribution in [-0.2, 0) is 5.41 Å². The molecule has 0 unspecified atom stereocenters. The monoisotopic (exact) mass is 425 g/mol. The van der Waals surface area contributed by atoms with E-state index in [1.54, 1.807) is 32.6 Å². The lowest BCUT2D eigenvalue weighted by Crippen LogP contribution is -2.21. The zero-order valence-corrected chi connectivity index (χ0v) is 18.3. The number of carbonyl (C=O) groups excluding carboxylic acids is 1. The Labute approximate surface area is 186 Å². The van der Waals surface area contributed by atoms with Crippen LogP contribution >= 0.6 is 0 Å². The van der Waals surface area contributed by atoms with E-state index >= 15 is 0 Å². The maximum atomic E-state index is 12.2. The van der Waals surface area contributed by atoms with Crippen LogP contribution in [0.4, 0.5) is 11.6 Å². The molecule has 0 bridgehead atoms. The summed E-state index contributed by atoms with van der Waals surface area (Å²) in [6.45, 7) is 3.74. The molecule has 2 N–H and O–H groups in total. The summed E-state index contributed by atoms with van der Waals surface area (Å²) in [5.41, 5.74) is 3.73. The van der Waals surface area contributed by atoms with Crippen molar-refractivity contribution in [2.24, 2.45) is 0 Å². The molecule has 0 aliphatic heterocycles. The number of amides is 1. The molecule has 160 valence electrons. The van der Waals surface area contributed by atoms with Gasteiger partial charge in [0.25, 0.3) is 5.91 Å². The molecule has 0 aliphatic rings. The van der Waals surface area contributed by atoms with Crippen molar-refractivity contribution in [2.75, 3.05) is 19.4 Å². The van der Waals surface area contributed by atoms with Crippen LogP contribution in [0.3, 0.4) is 0 Å². The highest BCUT2D eigenvalue weighted by molar-refractivity contribution is 5.98. The SMILES string of the molecule is CN(C)C(=O)c1cc2ccc(Nc3nccc(-c4cc(C(C)(C)C#N)ccn4)n3)cc2[nH]1. The van der Waals surface area contributed by atoms with Crippen molar-refractivity contribution in [3.05, 3.63) is 66.1 Å². The fraction of sp³-hybridized carbons (Fsp3) is 0.208. The maximum Gasteiger partial charge on any atom is 0.269 e. The van der Waals surface area contributed by atoms with E-state index in [-0.39, 0.29) is 5.91 Å². The molecular weight excluding hydrogens is 402 g/mol. The van der Waals surface area contributed by atoms with Gasteiger partial charge in [-0.2, -0.15) is 5.26 Å². The Morgan fingerprint density at radius 3 is 2.59 bits per heavy atom. The third-order valence-corrected chi connectivity index (χ3v) is 5.19. The number of hydrogen-bond acceptors (Lipinski definition) is 6. The minimum Gasteiger partial charge on any atom is -0.350 e. The van der Waals surface area contributed by atoms with Crippen LogP contribution in [0.2, 0.25) is 0 Å². The zero-order valence-electron chi connectivity index (χ0n) is 18.3. The first-order valence-corrected chi connectivity index (χ1v) is 10.1. The van der Waals surface area contributed by atoms with Crippen molar-refractivity contribution in [3.63, 3.8) is 0 Å². The van der Waals surface area contributed by atoms with Gasteiger partial charge in [-0.3, -0.25) is 9.78 Å². The van der Waals surface area contributed by atoms with Gasteiger partial charge in [0.2, 0.25) is 5.95 Å². The second kappa shape index (κ2) is 8.12. The number of carbonyl (C=O) groups is 1. The predicted molar refractivity (Wildman–Crippen MR) is 124 cm³/mol. The minimum atomic E-state index is -0.621. The Bertz CT molecular complexity index is 1350. The Balaban J connectivity index is 1.61. The molecule has 4 aromatic rings. The van der Waals surface area contributed by atoms with Crippen LogP contribution in [-0.4, -0.2) is 44.8 Å². The summed E-state index contributed by atoms with van der Waals surface area (Å²) in [6.07, 6.45) is 3.35. The van der Waals surface area contributed by atoms with Gasteiger partial charge in [-0.25, -0.2) is 9.97 Å². The summed E-state index contributed by atoms with van der Waals surface area (Å²) in [6, 6.07) is 15.4. The summed E-state index contributed by atoms with van der Waals surface area (Å²) >= 11 is 0. The van der Waals surface area contributed by atoms with E-state index in [0.29, 0.717) is 23.0 Å². The number of pyridine rings is 1. The molecule has 4 rings (SSSR count). The lowest BCUT2D eigenvalue weighted by atomic mass is 9.86. The largest absolute Gasteiger partial charge is 0.350 e. The Kier molecular flexibility index (Phi) is 5.33. The fourth-order valence-corrected chi connectivity index (χ4v) is 3.28. The van der Waals surface area contributed by atoms with Crippen LogP contribution < -0.4 is 5.32 Å². The van der Waals surface area contributed by atoms with Crippen LogP contribution in [0.5, 0.6) is 0 Å². The Morgan fingerprint density at radius 1 is 1.06 bits per heavy atom. The molecule has 0 atom stereocenters. The van der Waals surface area contributed by atoms with E-state index in [1.807, 2.05) is 50.2 Å². The zero-order chi connectivity index (χ0) is 22.9. The molecule has 1 aromatic carbocycles. The number of nitrogens with zero attached hydrogens (tertiary/aromatic N) is 5. The second-order valence-electron chi connectivity index (χ2n) is 8.24. The average molecular weight is 425 g/mol. The van der Waals surface area contributed by atoms with Crippen molar-refractivity contribution in [1.29, 1.82) is 5.26 Å². The van der Waals surface area contributed by atoms with Gasteiger partial charge < -0.3 is 15.2 Å². The summed E-state index contributed by atoms with van der Waals surface area (Å²) in [7, 11) is 3.44. The third-order valence-electron chi connectivity index (χ3n) is 5.19. The van der Waals surface area contributed by atoms with Gasteiger partial charge in [0.05, 0.1) is 22.9 Å². The molecular formula is C24H23N7O. The lowest BCUT2D eigenvalue weighted by Gasteiger charge is -2.16. The molecule has 3 heterocycles. The number of nitriles is 1. The summed E-state index contributed by atoms with van der Waals surface area (Å²) < 4.78 is 0. The highest BCUT2D eigenvalue weighted by atomic mass is 16.2. The first-order chi connectivity index (χ1) is 15.3. The van der Waals surface area contributed by atoms with Crippen molar-refractivity contribution in [3.8, 4) is 17.5 Å². The van der Waals surface area contributed by atoms with Crippen molar-refractivity contribution in [2.45, 2.75) is 19.3 Å². The maximum absolute atomic E-state index is 12.2. The summed E-state index contributed by atoms with van der Waals surface area (Å²) in [4.78, 5) is 30.2. The van der Waals surface area contributed by atoms with Crippen LogP contribution in [0.15, 0.2) is 54.9 Å². The molecule has 0 radical (unpaired) electrons. The van der Waals surface area contributed by atoms with Gasteiger partial charge in [-0.1, -0.05) is 6.07 Å². The van der Waals surface area contributed by atoms with Crippen molar-refractivity contribution >= 4 is 28.4 Å². The molecule has 0 saturated carbocycles. The van der Waals surface area contributed by atoms with Crippen LogP contribution in [0.1, 0.15) is 29.9 Å². The standard InChI is InChI=1S/C24H23N7O/c1-24(2,14-25)16-7-9-26-20(12-16)18-8-10-27-23(30-18)28-17-6-5-15-11-21(22(32)31(3)4)29-19(15)13-17/h5-13,29H,1-4H3,(H,27,28,30). The van der Waals surface area contributed by atoms with E-state index in [9.17, 15) is 10.1 Å². The fourth-order valence-electron chi connectivity index (χ4n) is 3.28.